The Morgan fingerprint density at radius 1 is 1.39 bits per heavy atom. The number of alkyl carbamates (subject to hydrolysis) is 1. The summed E-state index contributed by atoms with van der Waals surface area (Å²) < 4.78 is 10.1. The highest BCUT2D eigenvalue weighted by Crippen LogP contribution is 2.30. The average molecular weight is 317 g/mol. The molecule has 122 valence electrons. The highest BCUT2D eigenvalue weighted by atomic mass is 16.6. The van der Waals surface area contributed by atoms with Crippen LogP contribution in [0.1, 0.15) is 18.9 Å². The lowest BCUT2D eigenvalue weighted by molar-refractivity contribution is -0.141. The maximum absolute atomic E-state index is 11.8. The number of ether oxygens (including phenoxy) is 2. The summed E-state index contributed by atoms with van der Waals surface area (Å²) in [6.07, 6.45) is -0.323. The first-order valence-electron chi connectivity index (χ1n) is 7.69. The number of carbonyl (C=O) groups is 2. The van der Waals surface area contributed by atoms with E-state index in [1.165, 1.54) is 5.56 Å². The van der Waals surface area contributed by atoms with Gasteiger partial charge in [-0.1, -0.05) is 18.2 Å². The van der Waals surface area contributed by atoms with Crippen LogP contribution >= 0.6 is 0 Å². The molecule has 7 nitrogen and oxygen atoms in total. The number of amides is 1. The first-order valence-corrected chi connectivity index (χ1v) is 7.69. The standard InChI is InChI=1S/C16H19N3O4/c1-2-22-14(20)9-17-16(21)23-13-7-8-19-10-11-5-3-4-6-12(11)18-15(13)19/h3-6,13H,2,7-10H2,1H3,(H,17,21)/t13-/m1/s1. The molecule has 0 saturated carbocycles. The fourth-order valence-electron chi connectivity index (χ4n) is 2.74. The third-order valence-corrected chi connectivity index (χ3v) is 3.79. The summed E-state index contributed by atoms with van der Waals surface area (Å²) in [5.41, 5.74) is 2.09. The van der Waals surface area contributed by atoms with Crippen molar-refractivity contribution in [3.8, 4) is 0 Å². The Hall–Kier alpha value is -2.57. The summed E-state index contributed by atoms with van der Waals surface area (Å²) >= 11 is 0. The summed E-state index contributed by atoms with van der Waals surface area (Å²) in [7, 11) is 0. The highest BCUT2D eigenvalue weighted by Gasteiger charge is 2.35. The Bertz CT molecular complexity index is 644. The van der Waals surface area contributed by atoms with Gasteiger partial charge in [0, 0.05) is 19.5 Å². The van der Waals surface area contributed by atoms with Gasteiger partial charge in [0.2, 0.25) is 0 Å². The molecule has 0 aliphatic carbocycles. The van der Waals surface area contributed by atoms with Crippen molar-refractivity contribution in [2.75, 3.05) is 19.7 Å². The molecule has 1 atom stereocenters. The van der Waals surface area contributed by atoms with Crippen molar-refractivity contribution in [2.24, 2.45) is 4.99 Å². The second-order valence-electron chi connectivity index (χ2n) is 5.36. The maximum atomic E-state index is 11.8. The minimum atomic E-state index is -0.633. The Morgan fingerprint density at radius 2 is 2.22 bits per heavy atom. The van der Waals surface area contributed by atoms with Crippen LogP contribution in [0.5, 0.6) is 0 Å². The molecule has 3 rings (SSSR count). The van der Waals surface area contributed by atoms with Crippen molar-refractivity contribution in [2.45, 2.75) is 26.0 Å². The van der Waals surface area contributed by atoms with Crippen LogP contribution < -0.4 is 5.32 Å². The topological polar surface area (TPSA) is 80.2 Å². The van der Waals surface area contributed by atoms with E-state index in [4.69, 9.17) is 9.47 Å². The molecule has 1 fully saturated rings. The molecule has 0 bridgehead atoms. The maximum Gasteiger partial charge on any atom is 0.408 e. The quantitative estimate of drug-likeness (QED) is 0.853. The predicted molar refractivity (Wildman–Crippen MR) is 83.5 cm³/mol. The van der Waals surface area contributed by atoms with Crippen molar-refractivity contribution < 1.29 is 19.1 Å². The minimum absolute atomic E-state index is 0.196. The third-order valence-electron chi connectivity index (χ3n) is 3.79. The van der Waals surface area contributed by atoms with Gasteiger partial charge in [-0.05, 0) is 18.6 Å². The molecule has 7 heteroatoms. The largest absolute Gasteiger partial charge is 0.465 e. The summed E-state index contributed by atoms with van der Waals surface area (Å²) in [6.45, 7) is 3.37. The normalized spacial score (nSPS) is 18.6. The number of rotatable bonds is 4. The monoisotopic (exact) mass is 317 g/mol. The number of nitrogens with zero attached hydrogens (tertiary/aromatic N) is 2. The summed E-state index contributed by atoms with van der Waals surface area (Å²) in [4.78, 5) is 29.8. The number of amidine groups is 1. The molecule has 0 unspecified atom stereocenters. The van der Waals surface area contributed by atoms with Gasteiger partial charge in [-0.2, -0.15) is 0 Å². The molecule has 2 heterocycles. The van der Waals surface area contributed by atoms with Gasteiger partial charge in [0.05, 0.1) is 12.3 Å². The molecule has 0 spiro atoms. The number of carbonyl (C=O) groups excluding carboxylic acids is 2. The molecular formula is C16H19N3O4. The van der Waals surface area contributed by atoms with Crippen LogP contribution in [0, 0.1) is 0 Å². The molecule has 2 aliphatic rings. The number of para-hydroxylation sites is 1. The SMILES string of the molecule is CCOC(=O)CNC(=O)O[C@@H]1CCN2Cc3ccccc3N=C12. The van der Waals surface area contributed by atoms with Crippen LogP contribution in [-0.4, -0.2) is 48.6 Å². The van der Waals surface area contributed by atoms with Gasteiger partial charge in [0.1, 0.15) is 12.4 Å². The van der Waals surface area contributed by atoms with Gasteiger partial charge in [-0.25, -0.2) is 9.79 Å². The zero-order valence-electron chi connectivity index (χ0n) is 12.9. The smallest absolute Gasteiger partial charge is 0.408 e. The highest BCUT2D eigenvalue weighted by molar-refractivity contribution is 5.93. The van der Waals surface area contributed by atoms with Crippen molar-refractivity contribution in [1.82, 2.24) is 10.2 Å². The summed E-state index contributed by atoms with van der Waals surface area (Å²) in [5, 5.41) is 2.40. The second-order valence-corrected chi connectivity index (χ2v) is 5.36. The van der Waals surface area contributed by atoms with Crippen LogP contribution in [0.4, 0.5) is 10.5 Å². The van der Waals surface area contributed by atoms with Crippen molar-refractivity contribution >= 4 is 23.6 Å². The van der Waals surface area contributed by atoms with E-state index in [1.807, 2.05) is 18.2 Å². The van der Waals surface area contributed by atoms with Crippen LogP contribution in [-0.2, 0) is 20.8 Å². The summed E-state index contributed by atoms with van der Waals surface area (Å²) in [6, 6.07) is 7.94. The zero-order chi connectivity index (χ0) is 16.2. The predicted octanol–water partition coefficient (Wildman–Crippen LogP) is 1.59. The van der Waals surface area contributed by atoms with Crippen LogP contribution in [0.2, 0.25) is 0 Å². The summed E-state index contributed by atoms with van der Waals surface area (Å²) in [5.74, 6) is 0.288. The number of hydrogen-bond acceptors (Lipinski definition) is 6. The number of hydrogen-bond donors (Lipinski definition) is 1. The Balaban J connectivity index is 1.60. The van der Waals surface area contributed by atoms with Crippen molar-refractivity contribution in [3.63, 3.8) is 0 Å². The molecule has 1 saturated heterocycles. The molecule has 1 N–H and O–H groups in total. The lowest BCUT2D eigenvalue weighted by Gasteiger charge is -2.26. The fourth-order valence-corrected chi connectivity index (χ4v) is 2.74. The fraction of sp³-hybridized carbons (Fsp3) is 0.438. The molecule has 2 aliphatic heterocycles. The minimum Gasteiger partial charge on any atom is -0.465 e. The zero-order valence-corrected chi connectivity index (χ0v) is 12.9. The second kappa shape index (κ2) is 6.68. The van der Waals surface area contributed by atoms with E-state index >= 15 is 0 Å². The van der Waals surface area contributed by atoms with Crippen molar-refractivity contribution in [1.29, 1.82) is 0 Å². The van der Waals surface area contributed by atoms with Gasteiger partial charge in [-0.3, -0.25) is 4.79 Å². The number of fused-ring (bicyclic) bond motifs is 2. The van der Waals surface area contributed by atoms with Gasteiger partial charge in [0.15, 0.2) is 6.10 Å². The average Bonchev–Trinajstić information content (AvgIpc) is 2.93. The van der Waals surface area contributed by atoms with E-state index in [9.17, 15) is 9.59 Å². The van der Waals surface area contributed by atoms with E-state index in [0.717, 1.165) is 24.6 Å². The van der Waals surface area contributed by atoms with Gasteiger partial charge in [-0.15, -0.1) is 0 Å². The van der Waals surface area contributed by atoms with Crippen LogP contribution in [0.15, 0.2) is 29.3 Å². The molecule has 0 radical (unpaired) electrons. The number of aliphatic imine (C=N–C) groups is 1. The molecule has 23 heavy (non-hydrogen) atoms. The van der Waals surface area contributed by atoms with Gasteiger partial charge in [0.25, 0.3) is 0 Å². The Labute approximate surface area is 134 Å². The molecule has 0 aromatic heterocycles. The third kappa shape index (κ3) is 3.44. The van der Waals surface area contributed by atoms with E-state index in [1.54, 1.807) is 6.92 Å². The lowest BCUT2D eigenvalue weighted by atomic mass is 10.1. The van der Waals surface area contributed by atoms with E-state index in [-0.39, 0.29) is 19.3 Å². The number of nitrogens with one attached hydrogen (secondary N) is 1. The Morgan fingerprint density at radius 3 is 3.04 bits per heavy atom. The van der Waals surface area contributed by atoms with E-state index in [0.29, 0.717) is 6.42 Å². The molecule has 1 amide bonds. The van der Waals surface area contributed by atoms with E-state index < -0.39 is 12.1 Å². The lowest BCUT2D eigenvalue weighted by Crippen LogP contribution is -2.38. The molecular weight excluding hydrogens is 298 g/mol. The number of esters is 1. The van der Waals surface area contributed by atoms with Crippen LogP contribution in [0.25, 0.3) is 0 Å². The van der Waals surface area contributed by atoms with Crippen LogP contribution in [0.3, 0.4) is 0 Å². The van der Waals surface area contributed by atoms with Gasteiger partial charge < -0.3 is 19.7 Å². The molecule has 1 aromatic rings. The van der Waals surface area contributed by atoms with Crippen molar-refractivity contribution in [3.05, 3.63) is 29.8 Å². The van der Waals surface area contributed by atoms with Gasteiger partial charge >= 0.3 is 12.1 Å². The number of benzene rings is 1. The van der Waals surface area contributed by atoms with E-state index in [2.05, 4.69) is 21.3 Å². The molecule has 1 aromatic carbocycles. The first kappa shape index (κ1) is 15.3. The first-order chi connectivity index (χ1) is 11.2. The Kier molecular flexibility index (Phi) is 4.45.